The Labute approximate surface area is 122 Å². The van der Waals surface area contributed by atoms with E-state index < -0.39 is 10.0 Å². The molecular weight excluding hydrogens is 292 g/mol. The minimum atomic E-state index is -3.74. The van der Waals surface area contributed by atoms with E-state index >= 15 is 0 Å². The van der Waals surface area contributed by atoms with Gasteiger partial charge in [-0.25, -0.2) is 8.42 Å². The van der Waals surface area contributed by atoms with Crippen molar-refractivity contribution in [2.24, 2.45) is 0 Å². The van der Waals surface area contributed by atoms with Crippen LogP contribution in [-0.4, -0.2) is 21.9 Å². The van der Waals surface area contributed by atoms with E-state index in [0.29, 0.717) is 23.5 Å². The number of hydrogen-bond donors (Lipinski definition) is 2. The average Bonchev–Trinajstić information content (AvgIpc) is 2.49. The van der Waals surface area contributed by atoms with Crippen molar-refractivity contribution in [3.05, 3.63) is 48.5 Å². The molecular formula is C14H14N2O4S. The lowest BCUT2D eigenvalue weighted by molar-refractivity contribution is -0.105. The first-order valence-electron chi connectivity index (χ1n) is 6.03. The summed E-state index contributed by atoms with van der Waals surface area (Å²) in [6.45, 7) is 0. The number of amides is 1. The second-order valence-electron chi connectivity index (χ2n) is 4.09. The Balaban J connectivity index is 2.30. The lowest BCUT2D eigenvalue weighted by Gasteiger charge is -2.12. The summed E-state index contributed by atoms with van der Waals surface area (Å²) in [5.74, 6) is 0.567. The lowest BCUT2D eigenvalue weighted by atomic mass is 10.3. The van der Waals surface area contributed by atoms with Crippen molar-refractivity contribution in [2.45, 2.75) is 4.90 Å². The Morgan fingerprint density at radius 3 is 2.19 bits per heavy atom. The maximum absolute atomic E-state index is 12.3. The van der Waals surface area contributed by atoms with Gasteiger partial charge in [-0.1, -0.05) is 12.1 Å². The van der Waals surface area contributed by atoms with Gasteiger partial charge in [-0.05, 0) is 36.4 Å². The summed E-state index contributed by atoms with van der Waals surface area (Å²) in [6, 6.07) is 12.5. The topological polar surface area (TPSA) is 84.5 Å². The van der Waals surface area contributed by atoms with E-state index in [0.717, 1.165) is 0 Å². The molecule has 0 heterocycles. The second kappa shape index (κ2) is 6.27. The summed E-state index contributed by atoms with van der Waals surface area (Å²) in [5, 5.41) is 2.44. The van der Waals surface area contributed by atoms with Crippen LogP contribution in [0.25, 0.3) is 0 Å². The number of sulfonamides is 1. The molecule has 2 rings (SSSR count). The van der Waals surface area contributed by atoms with Gasteiger partial charge < -0.3 is 10.1 Å². The molecule has 0 atom stereocenters. The smallest absolute Gasteiger partial charge is 0.261 e. The Hall–Kier alpha value is -2.54. The van der Waals surface area contributed by atoms with E-state index in [-0.39, 0.29) is 4.90 Å². The van der Waals surface area contributed by atoms with E-state index in [9.17, 15) is 13.2 Å². The number of carbonyl (C=O) groups is 1. The van der Waals surface area contributed by atoms with Crippen molar-refractivity contribution in [2.75, 3.05) is 17.1 Å². The predicted octanol–water partition coefficient (Wildman–Crippen LogP) is 2.06. The van der Waals surface area contributed by atoms with Crippen molar-refractivity contribution < 1.29 is 17.9 Å². The standard InChI is InChI=1S/C14H14N2O4S/c1-20-11-6-8-12(9-7-11)21(18,19)16-14-5-3-2-4-13(14)15-10-17/h2-10,16H,1H3,(H,15,17). The molecule has 0 saturated carbocycles. The number of methoxy groups -OCH3 is 1. The zero-order chi connectivity index (χ0) is 15.3. The Kier molecular flexibility index (Phi) is 4.44. The van der Waals surface area contributed by atoms with Crippen LogP contribution in [0.1, 0.15) is 0 Å². The fourth-order valence-corrected chi connectivity index (χ4v) is 2.80. The van der Waals surface area contributed by atoms with Gasteiger partial charge in [0.05, 0.1) is 23.4 Å². The lowest BCUT2D eigenvalue weighted by Crippen LogP contribution is -2.14. The second-order valence-corrected chi connectivity index (χ2v) is 5.77. The van der Waals surface area contributed by atoms with Crippen LogP contribution in [0.2, 0.25) is 0 Å². The first kappa shape index (κ1) is 14.9. The van der Waals surface area contributed by atoms with Gasteiger partial charge in [0, 0.05) is 0 Å². The van der Waals surface area contributed by atoms with E-state index in [1.807, 2.05) is 0 Å². The van der Waals surface area contributed by atoms with Gasteiger partial charge in [0.25, 0.3) is 10.0 Å². The van der Waals surface area contributed by atoms with E-state index in [1.165, 1.54) is 19.2 Å². The molecule has 0 radical (unpaired) electrons. The van der Waals surface area contributed by atoms with E-state index in [2.05, 4.69) is 10.0 Å². The first-order valence-corrected chi connectivity index (χ1v) is 7.51. The van der Waals surface area contributed by atoms with Gasteiger partial charge >= 0.3 is 0 Å². The first-order chi connectivity index (χ1) is 10.1. The number of anilines is 2. The number of nitrogens with one attached hydrogen (secondary N) is 2. The van der Waals surface area contributed by atoms with Crippen molar-refractivity contribution in [1.82, 2.24) is 0 Å². The van der Waals surface area contributed by atoms with Gasteiger partial charge in [-0.2, -0.15) is 0 Å². The van der Waals surface area contributed by atoms with Gasteiger partial charge in [0.1, 0.15) is 5.75 Å². The highest BCUT2D eigenvalue weighted by atomic mass is 32.2. The minimum Gasteiger partial charge on any atom is -0.497 e. The maximum atomic E-state index is 12.3. The van der Waals surface area contributed by atoms with Crippen molar-refractivity contribution in [1.29, 1.82) is 0 Å². The number of carbonyl (C=O) groups excluding carboxylic acids is 1. The number of para-hydroxylation sites is 2. The van der Waals surface area contributed by atoms with Crippen LogP contribution < -0.4 is 14.8 Å². The molecule has 1 amide bonds. The minimum absolute atomic E-state index is 0.101. The zero-order valence-corrected chi connectivity index (χ0v) is 12.1. The van der Waals surface area contributed by atoms with Gasteiger partial charge in [-0.3, -0.25) is 9.52 Å². The molecule has 0 aliphatic rings. The third-order valence-electron chi connectivity index (χ3n) is 2.76. The summed E-state index contributed by atoms with van der Waals surface area (Å²) >= 11 is 0. The Morgan fingerprint density at radius 2 is 1.62 bits per heavy atom. The van der Waals surface area contributed by atoms with Crippen LogP contribution in [0.15, 0.2) is 53.4 Å². The molecule has 0 bridgehead atoms. The molecule has 2 N–H and O–H groups in total. The van der Waals surface area contributed by atoms with Crippen LogP contribution in [-0.2, 0) is 14.8 Å². The molecule has 0 fully saturated rings. The number of hydrogen-bond acceptors (Lipinski definition) is 4. The molecule has 2 aromatic carbocycles. The number of rotatable bonds is 6. The maximum Gasteiger partial charge on any atom is 0.261 e. The fourth-order valence-electron chi connectivity index (χ4n) is 1.72. The molecule has 0 aliphatic carbocycles. The zero-order valence-electron chi connectivity index (χ0n) is 11.2. The predicted molar refractivity (Wildman–Crippen MR) is 79.9 cm³/mol. The van der Waals surface area contributed by atoms with E-state index in [4.69, 9.17) is 4.74 Å². The third-order valence-corrected chi connectivity index (χ3v) is 4.14. The Morgan fingerprint density at radius 1 is 1.00 bits per heavy atom. The van der Waals surface area contributed by atoms with Crippen LogP contribution in [0.5, 0.6) is 5.75 Å². The largest absolute Gasteiger partial charge is 0.497 e. The SMILES string of the molecule is COc1ccc(S(=O)(=O)Nc2ccccc2NC=O)cc1. The summed E-state index contributed by atoms with van der Waals surface area (Å²) in [6.07, 6.45) is 0.487. The van der Waals surface area contributed by atoms with Gasteiger partial charge in [-0.15, -0.1) is 0 Å². The van der Waals surface area contributed by atoms with Crippen molar-refractivity contribution in [3.8, 4) is 5.75 Å². The highest BCUT2D eigenvalue weighted by Gasteiger charge is 2.15. The molecule has 6 nitrogen and oxygen atoms in total. The molecule has 2 aromatic rings. The summed E-state index contributed by atoms with van der Waals surface area (Å²) in [5.41, 5.74) is 0.671. The van der Waals surface area contributed by atoms with Crippen LogP contribution in [0.3, 0.4) is 0 Å². The highest BCUT2D eigenvalue weighted by molar-refractivity contribution is 7.92. The molecule has 21 heavy (non-hydrogen) atoms. The summed E-state index contributed by atoms with van der Waals surface area (Å²) in [4.78, 5) is 10.6. The van der Waals surface area contributed by atoms with Crippen LogP contribution in [0.4, 0.5) is 11.4 Å². The Bertz CT molecular complexity index is 727. The van der Waals surface area contributed by atoms with Crippen LogP contribution >= 0.6 is 0 Å². The molecule has 7 heteroatoms. The van der Waals surface area contributed by atoms with Crippen LogP contribution in [0, 0.1) is 0 Å². The number of benzene rings is 2. The number of ether oxygens (including phenoxy) is 1. The monoisotopic (exact) mass is 306 g/mol. The molecule has 110 valence electrons. The molecule has 0 unspecified atom stereocenters. The molecule has 0 aromatic heterocycles. The molecule has 0 saturated heterocycles. The third kappa shape index (κ3) is 3.51. The fraction of sp³-hybridized carbons (Fsp3) is 0.0714. The highest BCUT2D eigenvalue weighted by Crippen LogP contribution is 2.24. The van der Waals surface area contributed by atoms with Gasteiger partial charge in [0.15, 0.2) is 0 Å². The quantitative estimate of drug-likeness (QED) is 0.800. The molecule has 0 spiro atoms. The summed E-state index contributed by atoms with van der Waals surface area (Å²) < 4.78 is 32.0. The van der Waals surface area contributed by atoms with Crippen molar-refractivity contribution in [3.63, 3.8) is 0 Å². The normalized spacial score (nSPS) is 10.7. The summed E-state index contributed by atoms with van der Waals surface area (Å²) in [7, 11) is -2.24. The molecule has 0 aliphatic heterocycles. The van der Waals surface area contributed by atoms with Crippen molar-refractivity contribution >= 4 is 27.8 Å². The van der Waals surface area contributed by atoms with Gasteiger partial charge in [0.2, 0.25) is 6.41 Å². The average molecular weight is 306 g/mol. The van der Waals surface area contributed by atoms with E-state index in [1.54, 1.807) is 36.4 Å².